The van der Waals surface area contributed by atoms with E-state index in [4.69, 9.17) is 0 Å². The van der Waals surface area contributed by atoms with E-state index in [0.29, 0.717) is 0 Å². The molecule has 100 valence electrons. The van der Waals surface area contributed by atoms with Gasteiger partial charge in [0, 0.05) is 26.2 Å². The Hall–Kier alpha value is -1.79. The molecule has 0 bridgehead atoms. The lowest BCUT2D eigenvalue weighted by Crippen LogP contribution is -2.33. The van der Waals surface area contributed by atoms with E-state index in [1.807, 2.05) is 13.1 Å². The molecular formula is C13H18N6. The van der Waals surface area contributed by atoms with Gasteiger partial charge in [-0.2, -0.15) is 0 Å². The van der Waals surface area contributed by atoms with Crippen LogP contribution in [0.25, 0.3) is 0 Å². The Bertz CT molecular complexity index is 550. The van der Waals surface area contributed by atoms with E-state index in [9.17, 15) is 0 Å². The number of hydrogen-bond donors (Lipinski definition) is 1. The van der Waals surface area contributed by atoms with Gasteiger partial charge in [-0.25, -0.2) is 0 Å². The highest BCUT2D eigenvalue weighted by Crippen LogP contribution is 2.12. The zero-order valence-corrected chi connectivity index (χ0v) is 11.1. The van der Waals surface area contributed by atoms with Crippen molar-refractivity contribution in [2.75, 3.05) is 13.6 Å². The van der Waals surface area contributed by atoms with Crippen molar-refractivity contribution < 1.29 is 0 Å². The maximum atomic E-state index is 4.65. The van der Waals surface area contributed by atoms with Gasteiger partial charge < -0.3 is 9.88 Å². The van der Waals surface area contributed by atoms with Crippen LogP contribution in [0.4, 0.5) is 0 Å². The summed E-state index contributed by atoms with van der Waals surface area (Å²) in [7, 11) is 1.94. The fourth-order valence-corrected chi connectivity index (χ4v) is 2.38. The fourth-order valence-electron chi connectivity index (χ4n) is 2.38. The van der Waals surface area contributed by atoms with Crippen molar-refractivity contribution in [3.05, 3.63) is 41.7 Å². The molecule has 0 radical (unpaired) electrons. The van der Waals surface area contributed by atoms with Gasteiger partial charge in [0.05, 0.1) is 17.9 Å². The van der Waals surface area contributed by atoms with E-state index in [-0.39, 0.29) is 0 Å². The summed E-state index contributed by atoms with van der Waals surface area (Å²) in [6.45, 7) is 4.49. The average molecular weight is 258 g/mol. The number of nitrogens with one attached hydrogen (secondary N) is 1. The summed E-state index contributed by atoms with van der Waals surface area (Å²) in [6.07, 6.45) is 1.80. The molecule has 1 N–H and O–H groups in total. The first-order chi connectivity index (χ1) is 9.35. The van der Waals surface area contributed by atoms with Gasteiger partial charge in [-0.1, -0.05) is 6.07 Å². The highest BCUT2D eigenvalue weighted by atomic mass is 15.3. The average Bonchev–Trinajstić information content (AvgIpc) is 2.87. The van der Waals surface area contributed by atoms with Crippen LogP contribution >= 0.6 is 0 Å². The topological polar surface area (TPSA) is 58.9 Å². The Morgan fingerprint density at radius 1 is 1.26 bits per heavy atom. The van der Waals surface area contributed by atoms with E-state index >= 15 is 0 Å². The maximum absolute atomic E-state index is 4.65. The first kappa shape index (κ1) is 12.3. The molecule has 1 aliphatic rings. The fraction of sp³-hybridized carbons (Fsp3) is 0.462. The molecule has 0 unspecified atom stereocenters. The van der Waals surface area contributed by atoms with Crippen molar-refractivity contribution in [2.24, 2.45) is 0 Å². The Kier molecular flexibility index (Phi) is 3.52. The zero-order valence-electron chi connectivity index (χ0n) is 11.1. The molecular weight excluding hydrogens is 240 g/mol. The van der Waals surface area contributed by atoms with Crippen molar-refractivity contribution in [1.29, 1.82) is 0 Å². The highest BCUT2D eigenvalue weighted by molar-refractivity contribution is 5.11. The molecule has 0 saturated heterocycles. The van der Waals surface area contributed by atoms with Crippen molar-refractivity contribution in [1.82, 2.24) is 30.0 Å². The highest BCUT2D eigenvalue weighted by Gasteiger charge is 2.17. The molecule has 0 fully saturated rings. The Morgan fingerprint density at radius 3 is 3.05 bits per heavy atom. The van der Waals surface area contributed by atoms with Crippen LogP contribution in [0.5, 0.6) is 0 Å². The first-order valence-corrected chi connectivity index (χ1v) is 6.53. The normalized spacial score (nSPS) is 15.4. The summed E-state index contributed by atoms with van der Waals surface area (Å²) in [5.74, 6) is 1.04. The van der Waals surface area contributed by atoms with Crippen LogP contribution in [0.15, 0.2) is 24.5 Å². The third-order valence-corrected chi connectivity index (χ3v) is 3.33. The summed E-state index contributed by atoms with van der Waals surface area (Å²) in [4.78, 5) is 7.01. The van der Waals surface area contributed by atoms with Gasteiger partial charge >= 0.3 is 0 Å². The van der Waals surface area contributed by atoms with Gasteiger partial charge in [-0.05, 0) is 19.2 Å². The predicted molar refractivity (Wildman–Crippen MR) is 71.1 cm³/mol. The van der Waals surface area contributed by atoms with Crippen molar-refractivity contribution >= 4 is 0 Å². The lowest BCUT2D eigenvalue weighted by atomic mass is 10.2. The van der Waals surface area contributed by atoms with E-state index in [1.165, 1.54) is 0 Å². The molecule has 0 atom stereocenters. The molecule has 3 rings (SSSR count). The monoisotopic (exact) mass is 258 g/mol. The molecule has 19 heavy (non-hydrogen) atoms. The number of nitrogens with zero attached hydrogens (tertiary/aromatic N) is 5. The molecule has 0 amide bonds. The van der Waals surface area contributed by atoms with Gasteiger partial charge in [-0.15, -0.1) is 10.2 Å². The van der Waals surface area contributed by atoms with Gasteiger partial charge in [-0.3, -0.25) is 9.88 Å². The molecule has 0 aliphatic carbocycles. The van der Waals surface area contributed by atoms with Crippen LogP contribution in [-0.2, 0) is 26.2 Å². The largest absolute Gasteiger partial charge is 0.315 e. The van der Waals surface area contributed by atoms with Gasteiger partial charge in [0.25, 0.3) is 0 Å². The second-order valence-electron chi connectivity index (χ2n) is 4.80. The number of aromatic nitrogens is 4. The summed E-state index contributed by atoms with van der Waals surface area (Å²) in [6, 6.07) is 6.20. The van der Waals surface area contributed by atoms with Gasteiger partial charge in [0.1, 0.15) is 12.2 Å². The van der Waals surface area contributed by atoms with Crippen molar-refractivity contribution in [3.8, 4) is 0 Å². The standard InChI is InChI=1S/C13H18N6/c1-14-7-11-3-2-4-12(16-11)8-18-5-6-19-10-15-17-13(19)9-18/h2-4,10,14H,5-9H2,1H3. The van der Waals surface area contributed by atoms with Crippen LogP contribution in [0.3, 0.4) is 0 Å². The Balaban J connectivity index is 1.67. The lowest BCUT2D eigenvalue weighted by molar-refractivity contribution is 0.206. The molecule has 0 aromatic carbocycles. The van der Waals surface area contributed by atoms with Crippen molar-refractivity contribution in [3.63, 3.8) is 0 Å². The third-order valence-electron chi connectivity index (χ3n) is 3.33. The van der Waals surface area contributed by atoms with Crippen LogP contribution < -0.4 is 5.32 Å². The Morgan fingerprint density at radius 2 is 2.16 bits per heavy atom. The van der Waals surface area contributed by atoms with Crippen LogP contribution in [0.2, 0.25) is 0 Å². The van der Waals surface area contributed by atoms with Gasteiger partial charge in [0.15, 0.2) is 0 Å². The summed E-state index contributed by atoms with van der Waals surface area (Å²) >= 11 is 0. The minimum absolute atomic E-state index is 0.808. The smallest absolute Gasteiger partial charge is 0.147 e. The summed E-state index contributed by atoms with van der Waals surface area (Å²) in [5, 5.41) is 11.2. The zero-order chi connectivity index (χ0) is 13.1. The Labute approximate surface area is 112 Å². The second-order valence-corrected chi connectivity index (χ2v) is 4.80. The van der Waals surface area contributed by atoms with Crippen LogP contribution in [-0.4, -0.2) is 38.2 Å². The van der Waals surface area contributed by atoms with E-state index < -0.39 is 0 Å². The second kappa shape index (κ2) is 5.46. The SMILES string of the molecule is CNCc1cccc(CN2CCn3cnnc3C2)n1. The molecule has 2 aromatic heterocycles. The van der Waals surface area contributed by atoms with Crippen molar-refractivity contribution in [2.45, 2.75) is 26.2 Å². The molecule has 1 aliphatic heterocycles. The first-order valence-electron chi connectivity index (χ1n) is 6.53. The van der Waals surface area contributed by atoms with E-state index in [1.54, 1.807) is 6.33 Å². The van der Waals surface area contributed by atoms with Crippen LogP contribution in [0.1, 0.15) is 17.2 Å². The number of fused-ring (bicyclic) bond motifs is 1. The number of pyridine rings is 1. The molecule has 3 heterocycles. The molecule has 6 heteroatoms. The van der Waals surface area contributed by atoms with E-state index in [0.717, 1.165) is 49.9 Å². The predicted octanol–water partition coefficient (Wildman–Crippen LogP) is 0.408. The summed E-state index contributed by atoms with van der Waals surface area (Å²) in [5.41, 5.74) is 2.20. The van der Waals surface area contributed by atoms with Gasteiger partial charge in [0.2, 0.25) is 0 Å². The molecule has 0 saturated carbocycles. The minimum Gasteiger partial charge on any atom is -0.315 e. The number of hydrogen-bond acceptors (Lipinski definition) is 5. The third kappa shape index (κ3) is 2.80. The maximum Gasteiger partial charge on any atom is 0.147 e. The molecule has 6 nitrogen and oxygen atoms in total. The number of rotatable bonds is 4. The minimum atomic E-state index is 0.808. The summed E-state index contributed by atoms with van der Waals surface area (Å²) < 4.78 is 2.11. The quantitative estimate of drug-likeness (QED) is 0.860. The molecule has 2 aromatic rings. The lowest BCUT2D eigenvalue weighted by Gasteiger charge is -2.26. The van der Waals surface area contributed by atoms with E-state index in [2.05, 4.69) is 42.1 Å². The molecule has 0 spiro atoms. The van der Waals surface area contributed by atoms with Crippen LogP contribution in [0, 0.1) is 0 Å².